The standard InChI is InChI=1S/C17H24F2N2/c18-16-12-14(21-9-4-5-10-21)13-17(19)15(16)6-11-20-7-2-1-3-8-20/h12-13H,1-11H2. The molecule has 0 amide bonds. The van der Waals surface area contributed by atoms with E-state index in [9.17, 15) is 8.78 Å². The van der Waals surface area contributed by atoms with Gasteiger partial charge in [-0.1, -0.05) is 6.42 Å². The molecule has 0 bridgehead atoms. The number of hydrogen-bond donors (Lipinski definition) is 0. The fraction of sp³-hybridized carbons (Fsp3) is 0.647. The van der Waals surface area contributed by atoms with E-state index in [1.165, 1.54) is 31.4 Å². The van der Waals surface area contributed by atoms with Gasteiger partial charge in [0.25, 0.3) is 0 Å². The van der Waals surface area contributed by atoms with Crippen molar-refractivity contribution >= 4 is 5.69 Å². The minimum Gasteiger partial charge on any atom is -0.371 e. The normalized spacial score (nSPS) is 20.2. The van der Waals surface area contributed by atoms with Gasteiger partial charge in [0, 0.05) is 30.9 Å². The molecule has 4 heteroatoms. The number of rotatable bonds is 4. The second kappa shape index (κ2) is 6.73. The van der Waals surface area contributed by atoms with Crippen LogP contribution in [0.15, 0.2) is 12.1 Å². The molecule has 0 saturated carbocycles. The summed E-state index contributed by atoms with van der Waals surface area (Å²) in [6.45, 7) is 4.71. The molecule has 1 aromatic rings. The van der Waals surface area contributed by atoms with Crippen LogP contribution in [-0.4, -0.2) is 37.6 Å². The largest absolute Gasteiger partial charge is 0.371 e. The van der Waals surface area contributed by atoms with E-state index in [0.29, 0.717) is 12.1 Å². The summed E-state index contributed by atoms with van der Waals surface area (Å²) in [5.41, 5.74) is 0.952. The predicted molar refractivity (Wildman–Crippen MR) is 81.8 cm³/mol. The highest BCUT2D eigenvalue weighted by Gasteiger charge is 2.18. The Morgan fingerprint density at radius 3 is 2.00 bits per heavy atom. The van der Waals surface area contributed by atoms with E-state index in [2.05, 4.69) is 9.80 Å². The summed E-state index contributed by atoms with van der Waals surface area (Å²) in [5, 5.41) is 0. The lowest BCUT2D eigenvalue weighted by Gasteiger charge is -2.26. The van der Waals surface area contributed by atoms with Crippen molar-refractivity contribution in [3.8, 4) is 0 Å². The van der Waals surface area contributed by atoms with Gasteiger partial charge in [-0.2, -0.15) is 0 Å². The predicted octanol–water partition coefficient (Wildman–Crippen LogP) is 3.59. The molecule has 0 unspecified atom stereocenters. The van der Waals surface area contributed by atoms with Crippen molar-refractivity contribution in [2.75, 3.05) is 37.6 Å². The monoisotopic (exact) mass is 294 g/mol. The van der Waals surface area contributed by atoms with Crippen LogP contribution >= 0.6 is 0 Å². The Balaban J connectivity index is 1.67. The molecule has 2 fully saturated rings. The number of halogens is 2. The fourth-order valence-electron chi connectivity index (χ4n) is 3.44. The molecule has 0 spiro atoms. The van der Waals surface area contributed by atoms with Crippen LogP contribution < -0.4 is 4.90 Å². The average molecular weight is 294 g/mol. The second-order valence-electron chi connectivity index (χ2n) is 6.23. The number of hydrogen-bond acceptors (Lipinski definition) is 2. The molecule has 0 N–H and O–H groups in total. The van der Waals surface area contributed by atoms with E-state index in [4.69, 9.17) is 0 Å². The minimum absolute atomic E-state index is 0.253. The Morgan fingerprint density at radius 1 is 0.810 bits per heavy atom. The van der Waals surface area contributed by atoms with Crippen LogP contribution in [-0.2, 0) is 6.42 Å². The van der Waals surface area contributed by atoms with Crippen molar-refractivity contribution in [2.24, 2.45) is 0 Å². The van der Waals surface area contributed by atoms with E-state index < -0.39 is 0 Å². The van der Waals surface area contributed by atoms with Crippen molar-refractivity contribution in [1.29, 1.82) is 0 Å². The highest BCUT2D eigenvalue weighted by atomic mass is 19.1. The van der Waals surface area contributed by atoms with Crippen LogP contribution in [0, 0.1) is 11.6 Å². The number of piperidine rings is 1. The van der Waals surface area contributed by atoms with Crippen molar-refractivity contribution < 1.29 is 8.78 Å². The van der Waals surface area contributed by atoms with Gasteiger partial charge in [-0.25, -0.2) is 8.78 Å². The SMILES string of the molecule is Fc1cc(N2CCCC2)cc(F)c1CCN1CCCCC1. The van der Waals surface area contributed by atoms with E-state index in [-0.39, 0.29) is 17.2 Å². The summed E-state index contributed by atoms with van der Waals surface area (Å²) in [6, 6.07) is 3.03. The molecule has 1 aromatic carbocycles. The number of likely N-dealkylation sites (tertiary alicyclic amines) is 1. The molecule has 3 rings (SSSR count). The molecular weight excluding hydrogens is 270 g/mol. The highest BCUT2D eigenvalue weighted by Crippen LogP contribution is 2.25. The van der Waals surface area contributed by atoms with Crippen LogP contribution in [0.25, 0.3) is 0 Å². The van der Waals surface area contributed by atoms with E-state index >= 15 is 0 Å². The molecule has 0 radical (unpaired) electrons. The minimum atomic E-state index is -0.381. The third kappa shape index (κ3) is 3.54. The van der Waals surface area contributed by atoms with E-state index in [1.54, 1.807) is 0 Å². The zero-order chi connectivity index (χ0) is 14.7. The summed E-state index contributed by atoms with van der Waals surface area (Å²) < 4.78 is 28.5. The van der Waals surface area contributed by atoms with Gasteiger partial charge in [0.05, 0.1) is 0 Å². The van der Waals surface area contributed by atoms with Crippen molar-refractivity contribution in [3.63, 3.8) is 0 Å². The molecule has 2 nitrogen and oxygen atoms in total. The third-order valence-electron chi connectivity index (χ3n) is 4.72. The molecule has 116 valence electrons. The Labute approximate surface area is 125 Å². The average Bonchev–Trinajstić information content (AvgIpc) is 3.01. The van der Waals surface area contributed by atoms with Crippen molar-refractivity contribution in [2.45, 2.75) is 38.5 Å². The molecule has 0 atom stereocenters. The molecule has 0 aromatic heterocycles. The maximum atomic E-state index is 14.2. The Kier molecular flexibility index (Phi) is 4.73. The van der Waals surface area contributed by atoms with Gasteiger partial charge >= 0.3 is 0 Å². The van der Waals surface area contributed by atoms with Crippen LogP contribution in [0.2, 0.25) is 0 Å². The highest BCUT2D eigenvalue weighted by molar-refractivity contribution is 5.49. The van der Waals surface area contributed by atoms with Crippen molar-refractivity contribution in [3.05, 3.63) is 29.3 Å². The first kappa shape index (κ1) is 14.8. The fourth-order valence-corrected chi connectivity index (χ4v) is 3.44. The molecule has 21 heavy (non-hydrogen) atoms. The quantitative estimate of drug-likeness (QED) is 0.837. The van der Waals surface area contributed by atoms with Gasteiger partial charge < -0.3 is 9.80 Å². The molecule has 2 aliphatic rings. The number of benzene rings is 1. The molecule has 2 aliphatic heterocycles. The lowest BCUT2D eigenvalue weighted by molar-refractivity contribution is 0.230. The van der Waals surface area contributed by atoms with Gasteiger partial charge in [0.2, 0.25) is 0 Å². The maximum Gasteiger partial charge on any atom is 0.131 e. The molecule has 2 saturated heterocycles. The van der Waals surface area contributed by atoms with Crippen LogP contribution in [0.5, 0.6) is 0 Å². The second-order valence-corrected chi connectivity index (χ2v) is 6.23. The lowest BCUT2D eigenvalue weighted by atomic mass is 10.1. The molecule has 0 aliphatic carbocycles. The topological polar surface area (TPSA) is 6.48 Å². The zero-order valence-electron chi connectivity index (χ0n) is 12.6. The van der Waals surface area contributed by atoms with Crippen LogP contribution in [0.4, 0.5) is 14.5 Å². The third-order valence-corrected chi connectivity index (χ3v) is 4.72. The Morgan fingerprint density at radius 2 is 1.38 bits per heavy atom. The summed E-state index contributed by atoms with van der Waals surface area (Å²) in [4.78, 5) is 4.39. The smallest absolute Gasteiger partial charge is 0.131 e. The lowest BCUT2D eigenvalue weighted by Crippen LogP contribution is -2.31. The first-order valence-electron chi connectivity index (χ1n) is 8.19. The summed E-state index contributed by atoms with van der Waals surface area (Å²) >= 11 is 0. The zero-order valence-corrected chi connectivity index (χ0v) is 12.6. The molecule has 2 heterocycles. The van der Waals surface area contributed by atoms with Gasteiger partial charge in [-0.15, -0.1) is 0 Å². The molecular formula is C17H24F2N2. The first-order valence-corrected chi connectivity index (χ1v) is 8.19. The van der Waals surface area contributed by atoms with Crippen LogP contribution in [0.1, 0.15) is 37.7 Å². The van der Waals surface area contributed by atoms with Gasteiger partial charge in [-0.3, -0.25) is 0 Å². The van der Waals surface area contributed by atoms with Gasteiger partial charge in [0.15, 0.2) is 0 Å². The van der Waals surface area contributed by atoms with E-state index in [0.717, 1.165) is 45.6 Å². The summed E-state index contributed by atoms with van der Waals surface area (Å²) in [7, 11) is 0. The Hall–Kier alpha value is -1.16. The first-order chi connectivity index (χ1) is 10.2. The van der Waals surface area contributed by atoms with Gasteiger partial charge in [0.1, 0.15) is 11.6 Å². The maximum absolute atomic E-state index is 14.2. The Bertz CT molecular complexity index is 455. The summed E-state index contributed by atoms with van der Waals surface area (Å²) in [6.07, 6.45) is 6.39. The number of anilines is 1. The summed E-state index contributed by atoms with van der Waals surface area (Å²) in [5.74, 6) is -0.761. The van der Waals surface area contributed by atoms with Gasteiger partial charge in [-0.05, 0) is 57.3 Å². The van der Waals surface area contributed by atoms with Crippen LogP contribution in [0.3, 0.4) is 0 Å². The van der Waals surface area contributed by atoms with E-state index in [1.807, 2.05) is 0 Å². The van der Waals surface area contributed by atoms with Crippen molar-refractivity contribution in [1.82, 2.24) is 4.90 Å². The number of nitrogens with zero attached hydrogens (tertiary/aromatic N) is 2.